The van der Waals surface area contributed by atoms with Gasteiger partial charge in [-0.1, -0.05) is 18.2 Å². The molecule has 32 heavy (non-hydrogen) atoms. The summed E-state index contributed by atoms with van der Waals surface area (Å²) in [5, 5.41) is 0. The lowest BCUT2D eigenvalue weighted by molar-refractivity contribution is -0.156. The molecule has 0 saturated carbocycles. The molecule has 9 heteroatoms. The minimum absolute atomic E-state index is 0.142. The van der Waals surface area contributed by atoms with Crippen LogP contribution in [0.2, 0.25) is 0 Å². The SMILES string of the molecule is CCOC(=O)C(Cc1ccc(OCCc2ccc(OS(C)(=O)=O)c(OC)c2)cc1)OCC. The number of methoxy groups -OCH3 is 1. The predicted octanol–water partition coefficient (Wildman–Crippen LogP) is 3.17. The fourth-order valence-electron chi connectivity index (χ4n) is 2.97. The average molecular weight is 467 g/mol. The monoisotopic (exact) mass is 466 g/mol. The first-order valence-corrected chi connectivity index (χ1v) is 12.1. The molecule has 0 bridgehead atoms. The Kier molecular flexibility index (Phi) is 9.80. The molecule has 0 aromatic heterocycles. The minimum Gasteiger partial charge on any atom is -0.493 e. The quantitative estimate of drug-likeness (QED) is 0.328. The van der Waals surface area contributed by atoms with Gasteiger partial charge in [-0.3, -0.25) is 0 Å². The van der Waals surface area contributed by atoms with Crippen LogP contribution in [0.15, 0.2) is 42.5 Å². The Balaban J connectivity index is 1.91. The van der Waals surface area contributed by atoms with Crippen LogP contribution in [-0.4, -0.2) is 53.7 Å². The van der Waals surface area contributed by atoms with Gasteiger partial charge in [0.05, 0.1) is 26.6 Å². The third kappa shape index (κ3) is 8.39. The van der Waals surface area contributed by atoms with Crippen LogP contribution >= 0.6 is 0 Å². The summed E-state index contributed by atoms with van der Waals surface area (Å²) in [6.07, 6.45) is 1.37. The largest absolute Gasteiger partial charge is 0.493 e. The fourth-order valence-corrected chi connectivity index (χ4v) is 3.43. The highest BCUT2D eigenvalue weighted by molar-refractivity contribution is 7.86. The Morgan fingerprint density at radius 3 is 2.25 bits per heavy atom. The molecule has 0 aliphatic heterocycles. The molecule has 0 radical (unpaired) electrons. The molecule has 1 atom stereocenters. The molecule has 0 fully saturated rings. The van der Waals surface area contributed by atoms with E-state index >= 15 is 0 Å². The Labute approximate surface area is 189 Å². The van der Waals surface area contributed by atoms with Crippen molar-refractivity contribution in [2.45, 2.75) is 32.8 Å². The lowest BCUT2D eigenvalue weighted by Crippen LogP contribution is -2.28. The molecule has 1 unspecified atom stereocenters. The molecular weight excluding hydrogens is 436 g/mol. The first-order valence-electron chi connectivity index (χ1n) is 10.3. The summed E-state index contributed by atoms with van der Waals surface area (Å²) in [5.74, 6) is 0.811. The molecule has 0 spiro atoms. The standard InChI is InChI=1S/C23H30O8S/c1-5-28-22(23(24)29-6-2)16-17-7-10-19(11-8-17)30-14-13-18-9-12-20(21(15-18)27-3)31-32(4,25)26/h7-12,15,22H,5-6,13-14,16H2,1-4H3. The lowest BCUT2D eigenvalue weighted by Gasteiger charge is -2.16. The Morgan fingerprint density at radius 2 is 1.66 bits per heavy atom. The molecule has 2 aromatic carbocycles. The molecule has 0 aliphatic rings. The van der Waals surface area contributed by atoms with Crippen LogP contribution in [0.3, 0.4) is 0 Å². The number of carbonyl (C=O) groups is 1. The highest BCUT2D eigenvalue weighted by Crippen LogP contribution is 2.29. The van der Waals surface area contributed by atoms with E-state index in [0.29, 0.717) is 44.2 Å². The number of hydrogen-bond acceptors (Lipinski definition) is 8. The summed E-state index contributed by atoms with van der Waals surface area (Å²) >= 11 is 0. The van der Waals surface area contributed by atoms with Gasteiger partial charge in [0.1, 0.15) is 5.75 Å². The number of carbonyl (C=O) groups excluding carboxylic acids is 1. The maximum absolute atomic E-state index is 12.0. The van der Waals surface area contributed by atoms with Crippen molar-refractivity contribution < 1.29 is 36.3 Å². The summed E-state index contributed by atoms with van der Waals surface area (Å²) in [4.78, 5) is 12.0. The molecule has 2 rings (SSSR count). The summed E-state index contributed by atoms with van der Waals surface area (Å²) in [6, 6.07) is 12.5. The van der Waals surface area contributed by atoms with Crippen LogP contribution in [0, 0.1) is 0 Å². The van der Waals surface area contributed by atoms with Crippen molar-refractivity contribution in [1.29, 1.82) is 0 Å². The highest BCUT2D eigenvalue weighted by atomic mass is 32.2. The van der Waals surface area contributed by atoms with Crippen LogP contribution in [0.5, 0.6) is 17.2 Å². The smallest absolute Gasteiger partial charge is 0.335 e. The van der Waals surface area contributed by atoms with Crippen molar-refractivity contribution in [2.75, 3.05) is 33.2 Å². The second-order valence-corrected chi connectivity index (χ2v) is 8.49. The molecule has 2 aromatic rings. The molecule has 0 amide bonds. The molecule has 0 heterocycles. The molecule has 0 aliphatic carbocycles. The predicted molar refractivity (Wildman–Crippen MR) is 120 cm³/mol. The third-order valence-electron chi connectivity index (χ3n) is 4.39. The Bertz CT molecular complexity index is 970. The zero-order valence-electron chi connectivity index (χ0n) is 18.8. The van der Waals surface area contributed by atoms with Crippen molar-refractivity contribution in [1.82, 2.24) is 0 Å². The summed E-state index contributed by atoms with van der Waals surface area (Å²) in [6.45, 7) is 4.76. The van der Waals surface area contributed by atoms with Crippen molar-refractivity contribution >= 4 is 16.1 Å². The Hall–Kier alpha value is -2.78. The molecule has 8 nitrogen and oxygen atoms in total. The van der Waals surface area contributed by atoms with E-state index in [9.17, 15) is 13.2 Å². The van der Waals surface area contributed by atoms with Gasteiger partial charge in [0.25, 0.3) is 0 Å². The second-order valence-electron chi connectivity index (χ2n) is 6.92. The first-order chi connectivity index (χ1) is 15.3. The molecule has 0 saturated heterocycles. The number of hydrogen-bond donors (Lipinski definition) is 0. The van der Waals surface area contributed by atoms with Gasteiger partial charge < -0.3 is 23.1 Å². The van der Waals surface area contributed by atoms with Gasteiger partial charge in [-0.2, -0.15) is 8.42 Å². The van der Waals surface area contributed by atoms with Gasteiger partial charge in [0, 0.05) is 19.4 Å². The topological polar surface area (TPSA) is 97.4 Å². The summed E-state index contributed by atoms with van der Waals surface area (Å²) in [5.41, 5.74) is 1.85. The van der Waals surface area contributed by atoms with E-state index in [1.54, 1.807) is 25.1 Å². The molecule has 176 valence electrons. The van der Waals surface area contributed by atoms with Crippen LogP contribution in [0.4, 0.5) is 0 Å². The van der Waals surface area contributed by atoms with Gasteiger partial charge in [0.15, 0.2) is 17.6 Å². The van der Waals surface area contributed by atoms with E-state index in [0.717, 1.165) is 17.4 Å². The van der Waals surface area contributed by atoms with E-state index in [2.05, 4.69) is 0 Å². The lowest BCUT2D eigenvalue weighted by atomic mass is 10.1. The second kappa shape index (κ2) is 12.3. The zero-order valence-corrected chi connectivity index (χ0v) is 19.6. The number of esters is 1. The van der Waals surface area contributed by atoms with E-state index in [-0.39, 0.29) is 11.7 Å². The van der Waals surface area contributed by atoms with Crippen molar-refractivity contribution in [3.63, 3.8) is 0 Å². The maximum atomic E-state index is 12.0. The van der Waals surface area contributed by atoms with Crippen LogP contribution in [0.1, 0.15) is 25.0 Å². The zero-order chi connectivity index (χ0) is 23.6. The van der Waals surface area contributed by atoms with Gasteiger partial charge in [0.2, 0.25) is 0 Å². The summed E-state index contributed by atoms with van der Waals surface area (Å²) in [7, 11) is -2.19. The molecular formula is C23H30O8S. The van der Waals surface area contributed by atoms with Crippen molar-refractivity contribution in [3.05, 3.63) is 53.6 Å². The van der Waals surface area contributed by atoms with Crippen LogP contribution in [-0.2, 0) is 37.2 Å². The van der Waals surface area contributed by atoms with Crippen molar-refractivity contribution in [3.8, 4) is 17.2 Å². The summed E-state index contributed by atoms with van der Waals surface area (Å²) < 4.78 is 49.2. The number of rotatable bonds is 13. The highest BCUT2D eigenvalue weighted by Gasteiger charge is 2.20. The Morgan fingerprint density at radius 1 is 0.969 bits per heavy atom. The van der Waals surface area contributed by atoms with Crippen LogP contribution in [0.25, 0.3) is 0 Å². The van der Waals surface area contributed by atoms with E-state index in [1.165, 1.54) is 7.11 Å². The van der Waals surface area contributed by atoms with Gasteiger partial charge in [-0.05, 0) is 49.2 Å². The number of benzene rings is 2. The van der Waals surface area contributed by atoms with Gasteiger partial charge >= 0.3 is 16.1 Å². The normalized spacial score (nSPS) is 12.1. The number of ether oxygens (including phenoxy) is 4. The average Bonchev–Trinajstić information content (AvgIpc) is 2.74. The minimum atomic E-state index is -3.64. The first kappa shape index (κ1) is 25.5. The fraction of sp³-hybridized carbons (Fsp3) is 0.435. The van der Waals surface area contributed by atoms with Crippen molar-refractivity contribution in [2.24, 2.45) is 0 Å². The van der Waals surface area contributed by atoms with E-state index in [1.807, 2.05) is 31.2 Å². The third-order valence-corrected chi connectivity index (χ3v) is 4.87. The van der Waals surface area contributed by atoms with Crippen LogP contribution < -0.4 is 13.7 Å². The van der Waals surface area contributed by atoms with Gasteiger partial charge in [-0.15, -0.1) is 0 Å². The van der Waals surface area contributed by atoms with Gasteiger partial charge in [-0.25, -0.2) is 4.79 Å². The van der Waals surface area contributed by atoms with E-state index < -0.39 is 16.2 Å². The maximum Gasteiger partial charge on any atom is 0.335 e. The molecule has 0 N–H and O–H groups in total. The van der Waals surface area contributed by atoms with E-state index in [4.69, 9.17) is 23.1 Å².